The third-order valence-corrected chi connectivity index (χ3v) is 4.37. The second-order valence-corrected chi connectivity index (χ2v) is 9.47. The highest BCUT2D eigenvalue weighted by Gasteiger charge is 2.47. The van der Waals surface area contributed by atoms with Crippen LogP contribution in [0.15, 0.2) is 0 Å². The van der Waals surface area contributed by atoms with Crippen LogP contribution in [-0.2, 0) is 9.59 Å². The van der Waals surface area contributed by atoms with Crippen LogP contribution in [-0.4, -0.2) is 29.2 Å². The van der Waals surface area contributed by atoms with Crippen LogP contribution in [0, 0.1) is 16.2 Å². The number of carbonyl (C=O) groups is 2. The molecule has 5 nitrogen and oxygen atoms in total. The molecule has 0 aromatic carbocycles. The van der Waals surface area contributed by atoms with E-state index in [1.807, 2.05) is 20.8 Å². The van der Waals surface area contributed by atoms with Gasteiger partial charge in [-0.05, 0) is 31.1 Å². The van der Waals surface area contributed by atoms with Crippen LogP contribution >= 0.6 is 0 Å². The van der Waals surface area contributed by atoms with E-state index in [1.54, 1.807) is 0 Å². The van der Waals surface area contributed by atoms with Crippen LogP contribution in [0.2, 0.25) is 0 Å². The average molecular weight is 328 g/mol. The molecule has 3 N–H and O–H groups in total. The fourth-order valence-electron chi connectivity index (χ4n) is 2.69. The fourth-order valence-corrected chi connectivity index (χ4v) is 2.69. The highest BCUT2D eigenvalue weighted by atomic mass is 16.4. The lowest BCUT2D eigenvalue weighted by Gasteiger charge is -2.46. The highest BCUT2D eigenvalue weighted by Crippen LogP contribution is 2.46. The molecule has 0 aromatic rings. The van der Waals surface area contributed by atoms with Gasteiger partial charge in [-0.2, -0.15) is 0 Å². The summed E-state index contributed by atoms with van der Waals surface area (Å²) in [5.74, 6) is -0.861. The molecule has 0 rings (SSSR count). The number of carboxylic acid groups (broad SMARTS) is 1. The number of carboxylic acids is 1. The van der Waals surface area contributed by atoms with Gasteiger partial charge in [-0.1, -0.05) is 48.5 Å². The molecule has 0 fully saturated rings. The lowest BCUT2D eigenvalue weighted by molar-refractivity contribution is -0.141. The van der Waals surface area contributed by atoms with Gasteiger partial charge < -0.3 is 10.4 Å². The second-order valence-electron chi connectivity index (χ2n) is 9.47. The molecule has 136 valence electrons. The summed E-state index contributed by atoms with van der Waals surface area (Å²) in [6.45, 7) is 18.7. The predicted molar refractivity (Wildman–Crippen MR) is 94.1 cm³/mol. The van der Waals surface area contributed by atoms with Gasteiger partial charge in [0.15, 0.2) is 0 Å². The number of nitrogens with one attached hydrogen (secondary N) is 2. The van der Waals surface area contributed by atoms with E-state index in [4.69, 9.17) is 5.11 Å². The van der Waals surface area contributed by atoms with Gasteiger partial charge in [0, 0.05) is 6.54 Å². The Labute approximate surface area is 141 Å². The van der Waals surface area contributed by atoms with Crippen molar-refractivity contribution in [1.29, 1.82) is 0 Å². The molecular formula is C18H36N2O3. The van der Waals surface area contributed by atoms with Crippen LogP contribution in [0.5, 0.6) is 0 Å². The Kier molecular flexibility index (Phi) is 6.86. The van der Waals surface area contributed by atoms with Crippen molar-refractivity contribution in [3.63, 3.8) is 0 Å². The van der Waals surface area contributed by atoms with Crippen molar-refractivity contribution >= 4 is 11.9 Å². The molecule has 1 amide bonds. The summed E-state index contributed by atoms with van der Waals surface area (Å²) in [7, 11) is 0. The smallest absolute Gasteiger partial charge is 0.304 e. The zero-order chi connectivity index (χ0) is 18.7. The minimum Gasteiger partial charge on any atom is -0.481 e. The molecule has 0 aliphatic heterocycles. The Bertz CT molecular complexity index is 431. The van der Waals surface area contributed by atoms with E-state index < -0.39 is 17.0 Å². The van der Waals surface area contributed by atoms with E-state index in [0.717, 1.165) is 6.42 Å². The number of hydrogen-bond acceptors (Lipinski definition) is 3. The average Bonchev–Trinajstić information content (AvgIpc) is 2.22. The second kappa shape index (κ2) is 7.20. The standard InChI is InChI=1S/C18H36N2O3/c1-15(2,3)12-18(9,16(4,5)6)14(23)20-17(7,8)19-11-10-13(21)22/h19H,10-12H2,1-9H3,(H,20,23)(H,21,22). The van der Waals surface area contributed by atoms with Gasteiger partial charge in [0.1, 0.15) is 0 Å². The zero-order valence-electron chi connectivity index (χ0n) is 16.4. The maximum atomic E-state index is 13.0. The molecule has 0 saturated carbocycles. The minimum atomic E-state index is -0.855. The molecular weight excluding hydrogens is 292 g/mol. The van der Waals surface area contributed by atoms with Gasteiger partial charge in [0.05, 0.1) is 17.5 Å². The van der Waals surface area contributed by atoms with Gasteiger partial charge in [0.25, 0.3) is 0 Å². The Morgan fingerprint density at radius 2 is 1.39 bits per heavy atom. The Hall–Kier alpha value is -1.10. The van der Waals surface area contributed by atoms with E-state index in [9.17, 15) is 9.59 Å². The molecule has 0 spiro atoms. The molecule has 5 heteroatoms. The maximum Gasteiger partial charge on any atom is 0.304 e. The summed E-state index contributed by atoms with van der Waals surface area (Å²) in [6, 6.07) is 0. The van der Waals surface area contributed by atoms with Crippen LogP contribution in [0.1, 0.15) is 75.2 Å². The molecule has 0 heterocycles. The number of hydrogen-bond donors (Lipinski definition) is 3. The first-order valence-electron chi connectivity index (χ1n) is 8.30. The monoisotopic (exact) mass is 328 g/mol. The first-order chi connectivity index (χ1) is 10.0. The lowest BCUT2D eigenvalue weighted by atomic mass is 9.60. The largest absolute Gasteiger partial charge is 0.481 e. The predicted octanol–water partition coefficient (Wildman–Crippen LogP) is 3.39. The van der Waals surface area contributed by atoms with Crippen LogP contribution < -0.4 is 10.6 Å². The first kappa shape index (κ1) is 21.9. The lowest BCUT2D eigenvalue weighted by Crippen LogP contribution is -2.60. The van der Waals surface area contributed by atoms with Crippen LogP contribution in [0.3, 0.4) is 0 Å². The summed E-state index contributed by atoms with van der Waals surface area (Å²) in [5, 5.41) is 14.9. The van der Waals surface area contributed by atoms with Crippen molar-refractivity contribution in [2.75, 3.05) is 6.54 Å². The SMILES string of the molecule is CC(C)(C)CC(C)(C(=O)NC(C)(C)NCCC(=O)O)C(C)(C)C. The quantitative estimate of drug-likeness (QED) is 0.626. The van der Waals surface area contributed by atoms with Crippen LogP contribution in [0.25, 0.3) is 0 Å². The fraction of sp³-hybridized carbons (Fsp3) is 0.889. The number of rotatable bonds is 7. The van der Waals surface area contributed by atoms with Gasteiger partial charge in [-0.25, -0.2) is 0 Å². The number of amides is 1. The van der Waals surface area contributed by atoms with Gasteiger partial charge in [-0.3, -0.25) is 14.9 Å². The van der Waals surface area contributed by atoms with E-state index >= 15 is 0 Å². The van der Waals surface area contributed by atoms with E-state index in [0.29, 0.717) is 6.54 Å². The van der Waals surface area contributed by atoms with Gasteiger partial charge in [0.2, 0.25) is 5.91 Å². The van der Waals surface area contributed by atoms with Gasteiger partial charge >= 0.3 is 5.97 Å². The third kappa shape index (κ3) is 7.34. The highest BCUT2D eigenvalue weighted by molar-refractivity contribution is 5.83. The van der Waals surface area contributed by atoms with Crippen molar-refractivity contribution < 1.29 is 14.7 Å². The molecule has 0 saturated heterocycles. The summed E-state index contributed by atoms with van der Waals surface area (Å²) in [5.41, 5.74) is -1.35. The van der Waals surface area contributed by atoms with Gasteiger partial charge in [-0.15, -0.1) is 0 Å². The normalized spacial score (nSPS) is 15.9. The summed E-state index contributed by atoms with van der Waals surface area (Å²) in [4.78, 5) is 23.7. The van der Waals surface area contributed by atoms with Crippen molar-refractivity contribution in [2.45, 2.75) is 80.8 Å². The Morgan fingerprint density at radius 1 is 0.913 bits per heavy atom. The Balaban J connectivity index is 5.15. The number of aliphatic carboxylic acids is 1. The van der Waals surface area contributed by atoms with Crippen molar-refractivity contribution in [1.82, 2.24) is 10.6 Å². The molecule has 0 bridgehead atoms. The molecule has 1 atom stereocenters. The van der Waals surface area contributed by atoms with Crippen molar-refractivity contribution in [3.8, 4) is 0 Å². The zero-order valence-corrected chi connectivity index (χ0v) is 16.4. The maximum absolute atomic E-state index is 13.0. The third-order valence-electron chi connectivity index (χ3n) is 4.37. The summed E-state index contributed by atoms with van der Waals surface area (Å²) < 4.78 is 0. The molecule has 1 unspecified atom stereocenters. The van der Waals surface area contributed by atoms with Crippen molar-refractivity contribution in [2.24, 2.45) is 16.2 Å². The first-order valence-corrected chi connectivity index (χ1v) is 8.30. The van der Waals surface area contributed by atoms with E-state index in [-0.39, 0.29) is 23.2 Å². The molecule has 0 aliphatic rings. The van der Waals surface area contributed by atoms with E-state index in [2.05, 4.69) is 52.2 Å². The molecule has 0 radical (unpaired) electrons. The molecule has 23 heavy (non-hydrogen) atoms. The molecule has 0 aromatic heterocycles. The molecule has 0 aliphatic carbocycles. The van der Waals surface area contributed by atoms with Crippen LogP contribution in [0.4, 0.5) is 0 Å². The Morgan fingerprint density at radius 3 is 1.74 bits per heavy atom. The topological polar surface area (TPSA) is 78.4 Å². The summed E-state index contributed by atoms with van der Waals surface area (Å²) in [6.07, 6.45) is 0.790. The van der Waals surface area contributed by atoms with E-state index in [1.165, 1.54) is 0 Å². The van der Waals surface area contributed by atoms with Crippen molar-refractivity contribution in [3.05, 3.63) is 0 Å². The number of carbonyl (C=O) groups excluding carboxylic acids is 1. The minimum absolute atomic E-state index is 0.00671. The summed E-state index contributed by atoms with van der Waals surface area (Å²) >= 11 is 0.